The summed E-state index contributed by atoms with van der Waals surface area (Å²) >= 11 is 2.17. The van der Waals surface area contributed by atoms with Crippen molar-refractivity contribution in [3.05, 3.63) is 16.0 Å². The van der Waals surface area contributed by atoms with Gasteiger partial charge in [0.25, 0.3) is 0 Å². The summed E-state index contributed by atoms with van der Waals surface area (Å²) in [6.45, 7) is 1.77. The molecule has 1 aliphatic heterocycles. The maximum Gasteiger partial charge on any atom is 0.316 e. The summed E-state index contributed by atoms with van der Waals surface area (Å²) in [5.41, 5.74) is 0. The smallest absolute Gasteiger partial charge is 0.316 e. The molecular weight excluding hydrogens is 293 g/mol. The third-order valence-corrected chi connectivity index (χ3v) is 2.73. The van der Waals surface area contributed by atoms with Crippen molar-refractivity contribution < 1.29 is 4.74 Å². The van der Waals surface area contributed by atoms with Gasteiger partial charge in [-0.25, -0.2) is 9.97 Å². The van der Waals surface area contributed by atoms with Gasteiger partial charge in [0, 0.05) is 22.0 Å². The SMILES string of the molecule is Ic1cnc(OCC2CCCN2)nc1. The molecule has 0 radical (unpaired) electrons. The topological polar surface area (TPSA) is 47.0 Å². The van der Waals surface area contributed by atoms with Crippen molar-refractivity contribution in [1.29, 1.82) is 0 Å². The van der Waals surface area contributed by atoms with E-state index in [0.717, 1.165) is 10.1 Å². The minimum Gasteiger partial charge on any atom is -0.462 e. The van der Waals surface area contributed by atoms with Crippen LogP contribution in [-0.4, -0.2) is 29.2 Å². The molecule has 76 valence electrons. The third kappa shape index (κ3) is 2.78. The second kappa shape index (κ2) is 4.88. The van der Waals surface area contributed by atoms with Gasteiger partial charge < -0.3 is 10.1 Å². The molecule has 1 fully saturated rings. The molecule has 0 saturated carbocycles. The molecule has 2 heterocycles. The van der Waals surface area contributed by atoms with Gasteiger partial charge in [0.05, 0.1) is 0 Å². The van der Waals surface area contributed by atoms with E-state index < -0.39 is 0 Å². The predicted molar refractivity (Wildman–Crippen MR) is 61.3 cm³/mol. The highest BCUT2D eigenvalue weighted by molar-refractivity contribution is 14.1. The van der Waals surface area contributed by atoms with E-state index in [1.807, 2.05) is 0 Å². The van der Waals surface area contributed by atoms with Crippen molar-refractivity contribution in [2.24, 2.45) is 0 Å². The quantitative estimate of drug-likeness (QED) is 0.853. The summed E-state index contributed by atoms with van der Waals surface area (Å²) < 4.78 is 6.48. The van der Waals surface area contributed by atoms with Crippen LogP contribution in [0.25, 0.3) is 0 Å². The van der Waals surface area contributed by atoms with Crippen molar-refractivity contribution in [3.8, 4) is 6.01 Å². The van der Waals surface area contributed by atoms with Crippen LogP contribution in [0, 0.1) is 3.57 Å². The van der Waals surface area contributed by atoms with Crippen LogP contribution in [0.1, 0.15) is 12.8 Å². The highest BCUT2D eigenvalue weighted by Crippen LogP contribution is 2.08. The fourth-order valence-electron chi connectivity index (χ4n) is 1.45. The molecule has 1 aromatic heterocycles. The van der Waals surface area contributed by atoms with Gasteiger partial charge >= 0.3 is 6.01 Å². The summed E-state index contributed by atoms with van der Waals surface area (Å²) in [5, 5.41) is 3.36. The number of aromatic nitrogens is 2. The molecule has 0 spiro atoms. The van der Waals surface area contributed by atoms with Gasteiger partial charge in [-0.05, 0) is 42.0 Å². The molecular formula is C9H12IN3O. The van der Waals surface area contributed by atoms with Crippen molar-refractivity contribution >= 4 is 22.6 Å². The molecule has 4 nitrogen and oxygen atoms in total. The highest BCUT2D eigenvalue weighted by atomic mass is 127. The molecule has 0 aromatic carbocycles. The van der Waals surface area contributed by atoms with Gasteiger partial charge in [-0.1, -0.05) is 0 Å². The first-order valence-corrected chi connectivity index (χ1v) is 5.76. The molecule has 5 heteroatoms. The van der Waals surface area contributed by atoms with E-state index >= 15 is 0 Å². The molecule has 14 heavy (non-hydrogen) atoms. The molecule has 0 bridgehead atoms. The zero-order valence-electron chi connectivity index (χ0n) is 7.74. The van der Waals surface area contributed by atoms with Crippen molar-refractivity contribution in [2.75, 3.05) is 13.2 Å². The van der Waals surface area contributed by atoms with Gasteiger partial charge in [0.2, 0.25) is 0 Å². The highest BCUT2D eigenvalue weighted by Gasteiger charge is 2.14. The Balaban J connectivity index is 1.82. The van der Waals surface area contributed by atoms with Crippen LogP contribution in [0.3, 0.4) is 0 Å². The van der Waals surface area contributed by atoms with Crippen molar-refractivity contribution in [3.63, 3.8) is 0 Å². The van der Waals surface area contributed by atoms with Gasteiger partial charge in [-0.2, -0.15) is 0 Å². The van der Waals surface area contributed by atoms with E-state index in [2.05, 4.69) is 37.9 Å². The second-order valence-electron chi connectivity index (χ2n) is 3.29. The van der Waals surface area contributed by atoms with E-state index in [4.69, 9.17) is 4.74 Å². The summed E-state index contributed by atoms with van der Waals surface area (Å²) in [6, 6.07) is 0.942. The number of hydrogen-bond donors (Lipinski definition) is 1. The zero-order valence-corrected chi connectivity index (χ0v) is 9.90. The molecule has 1 unspecified atom stereocenters. The molecule has 1 N–H and O–H groups in total. The average Bonchev–Trinajstić information content (AvgIpc) is 2.70. The maximum absolute atomic E-state index is 5.46. The standard InChI is InChI=1S/C9H12IN3O/c10-7-4-12-9(13-5-7)14-6-8-2-1-3-11-8/h4-5,8,11H,1-3,6H2. The fraction of sp³-hybridized carbons (Fsp3) is 0.556. The van der Waals surface area contributed by atoms with E-state index in [9.17, 15) is 0 Å². The van der Waals surface area contributed by atoms with Gasteiger partial charge in [0.1, 0.15) is 6.61 Å². The third-order valence-electron chi connectivity index (χ3n) is 2.17. The normalized spacial score (nSPS) is 21.1. The number of hydrogen-bond acceptors (Lipinski definition) is 4. The number of rotatable bonds is 3. The molecule has 0 amide bonds. The van der Waals surface area contributed by atoms with Crippen LogP contribution in [-0.2, 0) is 0 Å². The van der Waals surface area contributed by atoms with E-state index in [0.29, 0.717) is 18.7 Å². The van der Waals surface area contributed by atoms with Crippen LogP contribution in [0.5, 0.6) is 6.01 Å². The van der Waals surface area contributed by atoms with Crippen LogP contribution in [0.15, 0.2) is 12.4 Å². The number of nitrogens with zero attached hydrogens (tertiary/aromatic N) is 2. The molecule has 1 aromatic rings. The first-order valence-electron chi connectivity index (χ1n) is 4.68. The Morgan fingerprint density at radius 3 is 2.93 bits per heavy atom. The summed E-state index contributed by atoms with van der Waals surface area (Å²) in [6.07, 6.45) is 5.93. The monoisotopic (exact) mass is 305 g/mol. The Morgan fingerprint density at radius 2 is 2.29 bits per heavy atom. The Bertz CT molecular complexity index is 285. The molecule has 0 aliphatic carbocycles. The number of halogens is 1. The second-order valence-corrected chi connectivity index (χ2v) is 4.53. The number of ether oxygens (including phenoxy) is 1. The zero-order chi connectivity index (χ0) is 9.80. The summed E-state index contributed by atoms with van der Waals surface area (Å²) in [7, 11) is 0. The largest absolute Gasteiger partial charge is 0.462 e. The van der Waals surface area contributed by atoms with Crippen LogP contribution in [0.2, 0.25) is 0 Å². The molecule has 1 atom stereocenters. The van der Waals surface area contributed by atoms with Gasteiger partial charge in [-0.15, -0.1) is 0 Å². The van der Waals surface area contributed by atoms with Gasteiger partial charge in [0.15, 0.2) is 0 Å². The molecule has 2 rings (SSSR count). The Hall–Kier alpha value is -0.430. The fourth-order valence-corrected chi connectivity index (χ4v) is 1.73. The van der Waals surface area contributed by atoms with E-state index in [1.165, 1.54) is 12.8 Å². The lowest BCUT2D eigenvalue weighted by Crippen LogP contribution is -2.28. The minimum absolute atomic E-state index is 0.470. The lowest BCUT2D eigenvalue weighted by atomic mass is 10.2. The summed E-state index contributed by atoms with van der Waals surface area (Å²) in [4.78, 5) is 8.14. The van der Waals surface area contributed by atoms with Gasteiger partial charge in [-0.3, -0.25) is 0 Å². The summed E-state index contributed by atoms with van der Waals surface area (Å²) in [5.74, 6) is 0. The first kappa shape index (κ1) is 10.1. The van der Waals surface area contributed by atoms with Crippen LogP contribution in [0.4, 0.5) is 0 Å². The number of nitrogens with one attached hydrogen (secondary N) is 1. The van der Waals surface area contributed by atoms with E-state index in [-0.39, 0.29) is 0 Å². The lowest BCUT2D eigenvalue weighted by molar-refractivity contribution is 0.257. The van der Waals surface area contributed by atoms with Crippen molar-refractivity contribution in [2.45, 2.75) is 18.9 Å². The Labute approximate surface area is 96.6 Å². The Morgan fingerprint density at radius 1 is 1.50 bits per heavy atom. The average molecular weight is 305 g/mol. The Kier molecular flexibility index (Phi) is 3.52. The first-order chi connectivity index (χ1) is 6.84. The van der Waals surface area contributed by atoms with Crippen LogP contribution < -0.4 is 10.1 Å². The van der Waals surface area contributed by atoms with Crippen LogP contribution >= 0.6 is 22.6 Å². The molecule has 1 saturated heterocycles. The lowest BCUT2D eigenvalue weighted by Gasteiger charge is -2.09. The minimum atomic E-state index is 0.470. The molecule has 1 aliphatic rings. The van der Waals surface area contributed by atoms with E-state index in [1.54, 1.807) is 12.4 Å². The van der Waals surface area contributed by atoms with Crippen molar-refractivity contribution in [1.82, 2.24) is 15.3 Å². The predicted octanol–water partition coefficient (Wildman–Crippen LogP) is 1.21. The maximum atomic E-state index is 5.46.